The smallest absolute Gasteiger partial charge is 0.243 e. The van der Waals surface area contributed by atoms with Crippen LogP contribution in [0.3, 0.4) is 0 Å². The number of benzene rings is 2. The zero-order valence-corrected chi connectivity index (χ0v) is 17.7. The summed E-state index contributed by atoms with van der Waals surface area (Å²) in [5, 5.41) is 3.42. The third-order valence-electron chi connectivity index (χ3n) is 5.51. The Morgan fingerprint density at radius 2 is 1.75 bits per heavy atom. The van der Waals surface area contributed by atoms with Gasteiger partial charge in [0.1, 0.15) is 0 Å². The molecule has 0 aliphatic carbocycles. The van der Waals surface area contributed by atoms with Crippen molar-refractivity contribution in [3.05, 3.63) is 64.7 Å². The van der Waals surface area contributed by atoms with Gasteiger partial charge in [-0.1, -0.05) is 54.9 Å². The zero-order chi connectivity index (χ0) is 20.4. The van der Waals surface area contributed by atoms with E-state index in [2.05, 4.69) is 5.32 Å². The van der Waals surface area contributed by atoms with Crippen molar-refractivity contribution in [1.29, 1.82) is 0 Å². The van der Waals surface area contributed by atoms with Gasteiger partial charge in [-0.25, -0.2) is 8.42 Å². The fourth-order valence-corrected chi connectivity index (χ4v) is 5.36. The zero-order valence-electron chi connectivity index (χ0n) is 16.1. The van der Waals surface area contributed by atoms with Gasteiger partial charge in [0, 0.05) is 30.1 Å². The Balaban J connectivity index is 1.65. The van der Waals surface area contributed by atoms with Crippen LogP contribution in [-0.4, -0.2) is 31.7 Å². The quantitative estimate of drug-likeness (QED) is 0.800. The number of nitrogens with zero attached hydrogens (tertiary/aromatic N) is 1. The third-order valence-corrected chi connectivity index (χ3v) is 7.96. The second-order valence-corrected chi connectivity index (χ2v) is 9.81. The lowest BCUT2D eigenvalue weighted by Crippen LogP contribution is -2.48. The molecule has 0 bridgehead atoms. The van der Waals surface area contributed by atoms with Crippen LogP contribution in [0.5, 0.6) is 0 Å². The van der Waals surface area contributed by atoms with Crippen LogP contribution >= 0.6 is 11.6 Å². The van der Waals surface area contributed by atoms with Gasteiger partial charge >= 0.3 is 0 Å². The summed E-state index contributed by atoms with van der Waals surface area (Å²) in [6.07, 6.45) is 0.957. The van der Waals surface area contributed by atoms with Crippen LogP contribution in [0, 0.1) is 12.3 Å². The summed E-state index contributed by atoms with van der Waals surface area (Å²) in [6, 6.07) is 14.6. The van der Waals surface area contributed by atoms with Gasteiger partial charge in [0.2, 0.25) is 15.9 Å². The minimum atomic E-state index is -3.63. The van der Waals surface area contributed by atoms with Crippen molar-refractivity contribution in [1.82, 2.24) is 9.62 Å². The molecular formula is C21H25ClN2O3S. The van der Waals surface area contributed by atoms with Crippen LogP contribution in [0.1, 0.15) is 30.9 Å². The summed E-state index contributed by atoms with van der Waals surface area (Å²) in [5.41, 5.74) is 1.01. The Bertz CT molecular complexity index is 953. The first-order chi connectivity index (χ1) is 13.2. The molecule has 5 nitrogen and oxygen atoms in total. The molecule has 7 heteroatoms. The number of hydrogen-bond acceptors (Lipinski definition) is 3. The highest BCUT2D eigenvalue weighted by Crippen LogP contribution is 2.34. The maximum Gasteiger partial charge on any atom is 0.243 e. The maximum absolute atomic E-state index is 13.0. The first-order valence-electron chi connectivity index (χ1n) is 9.31. The molecule has 0 unspecified atom stereocenters. The molecule has 1 saturated heterocycles. The molecule has 2 aromatic carbocycles. The molecule has 2 aromatic rings. The Morgan fingerprint density at radius 3 is 2.39 bits per heavy atom. The predicted molar refractivity (Wildman–Crippen MR) is 111 cm³/mol. The molecule has 1 aliphatic heterocycles. The average molecular weight is 421 g/mol. The molecule has 0 spiro atoms. The fraction of sp³-hybridized carbons (Fsp3) is 0.381. The number of hydrogen-bond donors (Lipinski definition) is 1. The second kappa shape index (κ2) is 8.23. The van der Waals surface area contributed by atoms with Gasteiger partial charge in [0.05, 0.1) is 4.90 Å². The van der Waals surface area contributed by atoms with E-state index in [4.69, 9.17) is 11.6 Å². The summed E-state index contributed by atoms with van der Waals surface area (Å²) in [5.74, 6) is -0.0349. The van der Waals surface area contributed by atoms with Crippen LogP contribution in [0.15, 0.2) is 53.4 Å². The molecule has 1 N–H and O–H groups in total. The number of rotatable bonds is 5. The van der Waals surface area contributed by atoms with Crippen molar-refractivity contribution < 1.29 is 13.2 Å². The maximum atomic E-state index is 13.0. The van der Waals surface area contributed by atoms with E-state index in [1.807, 2.05) is 37.3 Å². The molecule has 3 rings (SSSR count). The number of carbonyl (C=O) groups is 1. The molecule has 0 atom stereocenters. The lowest BCUT2D eigenvalue weighted by Gasteiger charge is -2.37. The predicted octanol–water partition coefficient (Wildman–Crippen LogP) is 3.76. The summed E-state index contributed by atoms with van der Waals surface area (Å²) in [6.45, 7) is 4.70. The molecule has 0 saturated carbocycles. The van der Waals surface area contributed by atoms with Gasteiger partial charge in [-0.15, -0.1) is 0 Å². The van der Waals surface area contributed by atoms with Gasteiger partial charge < -0.3 is 5.32 Å². The van der Waals surface area contributed by atoms with Crippen LogP contribution in [-0.2, 0) is 21.4 Å². The number of carbonyl (C=O) groups excluding carboxylic acids is 1. The topological polar surface area (TPSA) is 66.5 Å². The molecule has 1 aliphatic rings. The Morgan fingerprint density at radius 1 is 1.11 bits per heavy atom. The highest BCUT2D eigenvalue weighted by molar-refractivity contribution is 7.89. The second-order valence-electron chi connectivity index (χ2n) is 7.50. The van der Waals surface area contributed by atoms with E-state index in [0.717, 1.165) is 5.56 Å². The number of sulfonamides is 1. The molecule has 1 fully saturated rings. The molecule has 28 heavy (non-hydrogen) atoms. The lowest BCUT2D eigenvalue weighted by atomic mass is 9.80. The standard InChI is InChI=1S/C21H25ClN2O3S/c1-16-18(22)9-6-10-19(16)28(26,27)24-13-11-21(2,12-14-24)20(25)23-15-17-7-4-3-5-8-17/h3-10H,11-15H2,1-2H3,(H,23,25). The molecule has 150 valence electrons. The number of piperidine rings is 1. The van der Waals surface area contributed by atoms with Gasteiger partial charge in [0.25, 0.3) is 0 Å². The highest BCUT2D eigenvalue weighted by Gasteiger charge is 2.40. The largest absolute Gasteiger partial charge is 0.352 e. The van der Waals surface area contributed by atoms with E-state index < -0.39 is 15.4 Å². The van der Waals surface area contributed by atoms with Crippen LogP contribution in [0.4, 0.5) is 0 Å². The Kier molecular flexibility index (Phi) is 6.12. The van der Waals surface area contributed by atoms with E-state index in [1.165, 1.54) is 4.31 Å². The number of amides is 1. The van der Waals surface area contributed by atoms with Crippen molar-refractivity contribution in [2.75, 3.05) is 13.1 Å². The van der Waals surface area contributed by atoms with E-state index in [0.29, 0.717) is 43.1 Å². The van der Waals surface area contributed by atoms with Crippen LogP contribution in [0.25, 0.3) is 0 Å². The average Bonchev–Trinajstić information content (AvgIpc) is 2.69. The third kappa shape index (κ3) is 4.24. The van der Waals surface area contributed by atoms with Crippen LogP contribution in [0.2, 0.25) is 5.02 Å². The Labute approximate surface area is 171 Å². The summed E-state index contributed by atoms with van der Waals surface area (Å²) < 4.78 is 27.5. The minimum Gasteiger partial charge on any atom is -0.352 e. The summed E-state index contributed by atoms with van der Waals surface area (Å²) in [7, 11) is -3.63. The SMILES string of the molecule is Cc1c(Cl)cccc1S(=O)(=O)N1CCC(C)(C(=O)NCc2ccccc2)CC1. The number of nitrogens with one attached hydrogen (secondary N) is 1. The van der Waals surface area contributed by atoms with E-state index >= 15 is 0 Å². The first-order valence-corrected chi connectivity index (χ1v) is 11.1. The van der Waals surface area contributed by atoms with Gasteiger partial charge in [-0.05, 0) is 43.0 Å². The summed E-state index contributed by atoms with van der Waals surface area (Å²) in [4.78, 5) is 13.0. The lowest BCUT2D eigenvalue weighted by molar-refractivity contribution is -0.132. The van der Waals surface area contributed by atoms with Crippen molar-refractivity contribution in [3.63, 3.8) is 0 Å². The van der Waals surface area contributed by atoms with Crippen molar-refractivity contribution in [3.8, 4) is 0 Å². The molecule has 1 heterocycles. The first kappa shape index (κ1) is 20.8. The summed E-state index contributed by atoms with van der Waals surface area (Å²) >= 11 is 6.10. The van der Waals surface area contributed by atoms with E-state index in [1.54, 1.807) is 25.1 Å². The van der Waals surface area contributed by atoms with E-state index in [-0.39, 0.29) is 10.8 Å². The van der Waals surface area contributed by atoms with Crippen molar-refractivity contribution in [2.45, 2.75) is 38.1 Å². The van der Waals surface area contributed by atoms with E-state index in [9.17, 15) is 13.2 Å². The normalized spacial score (nSPS) is 17.2. The molecule has 0 radical (unpaired) electrons. The highest BCUT2D eigenvalue weighted by atomic mass is 35.5. The van der Waals surface area contributed by atoms with Gasteiger partial charge in [-0.2, -0.15) is 4.31 Å². The minimum absolute atomic E-state index is 0.0349. The molecule has 1 amide bonds. The number of halogens is 1. The van der Waals surface area contributed by atoms with Crippen molar-refractivity contribution in [2.24, 2.45) is 5.41 Å². The molecule has 0 aromatic heterocycles. The van der Waals surface area contributed by atoms with Crippen molar-refractivity contribution >= 4 is 27.5 Å². The monoisotopic (exact) mass is 420 g/mol. The van der Waals surface area contributed by atoms with Crippen LogP contribution < -0.4 is 5.32 Å². The van der Waals surface area contributed by atoms with Gasteiger partial charge in [-0.3, -0.25) is 4.79 Å². The van der Waals surface area contributed by atoms with Gasteiger partial charge in [0.15, 0.2) is 0 Å². The fourth-order valence-electron chi connectivity index (χ4n) is 3.44. The molecular weight excluding hydrogens is 396 g/mol. The Hall–Kier alpha value is -1.89.